The van der Waals surface area contributed by atoms with Crippen LogP contribution in [0.15, 0.2) is 36.5 Å². The summed E-state index contributed by atoms with van der Waals surface area (Å²) in [5.74, 6) is 2.13. The van der Waals surface area contributed by atoms with Crippen molar-refractivity contribution >= 4 is 22.3 Å². The summed E-state index contributed by atoms with van der Waals surface area (Å²) in [6.45, 7) is 7.16. The molecule has 3 aromatic rings. The van der Waals surface area contributed by atoms with Crippen LogP contribution in [0.4, 0.5) is 11.4 Å². The highest BCUT2D eigenvalue weighted by atomic mass is 16.5. The molecule has 0 atom stereocenters. The average molecular weight is 459 g/mol. The van der Waals surface area contributed by atoms with Crippen LogP contribution >= 0.6 is 0 Å². The molecule has 1 aliphatic rings. The number of nitriles is 1. The van der Waals surface area contributed by atoms with Crippen molar-refractivity contribution in [3.05, 3.63) is 53.2 Å². The van der Waals surface area contributed by atoms with Gasteiger partial charge in [-0.15, -0.1) is 0 Å². The summed E-state index contributed by atoms with van der Waals surface area (Å²) < 4.78 is 11.8. The summed E-state index contributed by atoms with van der Waals surface area (Å²) in [5.41, 5.74) is 5.25. The topological polar surface area (TPSA) is 70.4 Å². The van der Waals surface area contributed by atoms with Gasteiger partial charge in [-0.3, -0.25) is 4.98 Å². The number of pyridine rings is 1. The summed E-state index contributed by atoms with van der Waals surface area (Å²) in [6, 6.07) is 12.3. The standard InChI is InChI=1S/C28H34N4O2/c1-19-7-8-24(20(2)14-19)31-28-22(17-29)18-30-25-16-27(26(33-4)15-23(25)28)34-13-5-6-21-9-11-32(3)12-10-21/h7-8,14-16,18,21H,5-6,9-13H2,1-4H3,(H,30,31). The van der Waals surface area contributed by atoms with Crippen LogP contribution in [-0.2, 0) is 0 Å². The molecule has 1 N–H and O–H groups in total. The molecule has 0 radical (unpaired) electrons. The first kappa shape index (κ1) is 23.8. The molecule has 1 aromatic heterocycles. The smallest absolute Gasteiger partial charge is 0.163 e. The highest BCUT2D eigenvalue weighted by Gasteiger charge is 2.17. The predicted octanol–water partition coefficient (Wildman–Crippen LogP) is 5.98. The Morgan fingerprint density at radius 3 is 2.65 bits per heavy atom. The van der Waals surface area contributed by atoms with Gasteiger partial charge in [-0.25, -0.2) is 0 Å². The lowest BCUT2D eigenvalue weighted by Gasteiger charge is -2.28. The predicted molar refractivity (Wildman–Crippen MR) is 137 cm³/mol. The van der Waals surface area contributed by atoms with E-state index < -0.39 is 0 Å². The Labute approximate surface area is 202 Å². The maximum atomic E-state index is 9.73. The van der Waals surface area contributed by atoms with E-state index in [1.165, 1.54) is 37.9 Å². The van der Waals surface area contributed by atoms with Gasteiger partial charge in [0, 0.05) is 23.3 Å². The van der Waals surface area contributed by atoms with Crippen molar-refractivity contribution < 1.29 is 9.47 Å². The number of rotatable bonds is 8. The second kappa shape index (κ2) is 10.8. The van der Waals surface area contributed by atoms with Crippen LogP contribution in [-0.4, -0.2) is 43.7 Å². The number of anilines is 2. The number of benzene rings is 2. The van der Waals surface area contributed by atoms with Gasteiger partial charge >= 0.3 is 0 Å². The van der Waals surface area contributed by atoms with Gasteiger partial charge in [-0.05, 0) is 83.3 Å². The van der Waals surface area contributed by atoms with Crippen LogP contribution in [0, 0.1) is 31.1 Å². The quantitative estimate of drug-likeness (QED) is 0.419. The van der Waals surface area contributed by atoms with Crippen LogP contribution in [0.3, 0.4) is 0 Å². The molecule has 1 aliphatic heterocycles. The summed E-state index contributed by atoms with van der Waals surface area (Å²) in [7, 11) is 3.84. The largest absolute Gasteiger partial charge is 0.493 e. The van der Waals surface area contributed by atoms with Crippen LogP contribution in [0.1, 0.15) is 42.4 Å². The Bertz CT molecular complexity index is 1190. The molecule has 1 fully saturated rings. The fraction of sp³-hybridized carbons (Fsp3) is 0.429. The van der Waals surface area contributed by atoms with E-state index in [-0.39, 0.29) is 0 Å². The fourth-order valence-corrected chi connectivity index (χ4v) is 4.69. The first-order chi connectivity index (χ1) is 16.5. The van der Waals surface area contributed by atoms with Crippen molar-refractivity contribution in [1.29, 1.82) is 5.26 Å². The zero-order valence-corrected chi connectivity index (χ0v) is 20.6. The molecular weight excluding hydrogens is 424 g/mol. The first-order valence-corrected chi connectivity index (χ1v) is 12.0. The van der Waals surface area contributed by atoms with Crippen molar-refractivity contribution in [3.8, 4) is 17.6 Å². The Kier molecular flexibility index (Phi) is 7.54. The lowest BCUT2D eigenvalue weighted by Crippen LogP contribution is -2.30. The Balaban J connectivity index is 1.54. The van der Waals surface area contributed by atoms with Crippen molar-refractivity contribution in [2.45, 2.75) is 39.5 Å². The molecule has 178 valence electrons. The molecule has 6 nitrogen and oxygen atoms in total. The molecule has 0 bridgehead atoms. The van der Waals surface area contributed by atoms with E-state index in [4.69, 9.17) is 9.47 Å². The molecule has 34 heavy (non-hydrogen) atoms. The average Bonchev–Trinajstić information content (AvgIpc) is 2.84. The molecule has 2 heterocycles. The highest BCUT2D eigenvalue weighted by Crippen LogP contribution is 2.37. The molecule has 0 spiro atoms. The number of piperidine rings is 1. The van der Waals surface area contributed by atoms with Gasteiger partial charge in [0.2, 0.25) is 0 Å². The zero-order valence-electron chi connectivity index (χ0n) is 20.6. The molecule has 0 amide bonds. The van der Waals surface area contributed by atoms with Gasteiger partial charge in [-0.2, -0.15) is 5.26 Å². The minimum Gasteiger partial charge on any atom is -0.493 e. The third-order valence-electron chi connectivity index (χ3n) is 6.77. The van der Waals surface area contributed by atoms with Crippen molar-refractivity contribution in [2.75, 3.05) is 39.2 Å². The molecule has 0 aliphatic carbocycles. The third-order valence-corrected chi connectivity index (χ3v) is 6.77. The normalized spacial score (nSPS) is 14.7. The molecule has 1 saturated heterocycles. The lowest BCUT2D eigenvalue weighted by molar-refractivity contribution is 0.199. The Morgan fingerprint density at radius 2 is 1.94 bits per heavy atom. The van der Waals surface area contributed by atoms with Gasteiger partial charge in [0.05, 0.1) is 30.5 Å². The van der Waals surface area contributed by atoms with Crippen molar-refractivity contribution in [3.63, 3.8) is 0 Å². The number of ether oxygens (including phenoxy) is 2. The van der Waals surface area contributed by atoms with Crippen LogP contribution in [0.2, 0.25) is 0 Å². The Hall–Kier alpha value is -3.30. The van der Waals surface area contributed by atoms with E-state index in [9.17, 15) is 5.26 Å². The van der Waals surface area contributed by atoms with Crippen LogP contribution in [0.25, 0.3) is 10.9 Å². The van der Waals surface area contributed by atoms with Crippen molar-refractivity contribution in [2.24, 2.45) is 5.92 Å². The number of likely N-dealkylation sites (tertiary alicyclic amines) is 1. The number of nitrogens with zero attached hydrogens (tertiary/aromatic N) is 3. The summed E-state index contributed by atoms with van der Waals surface area (Å²) >= 11 is 0. The minimum absolute atomic E-state index is 0.487. The van der Waals surface area contributed by atoms with Gasteiger partial charge in [0.1, 0.15) is 6.07 Å². The first-order valence-electron chi connectivity index (χ1n) is 12.0. The summed E-state index contributed by atoms with van der Waals surface area (Å²) in [4.78, 5) is 6.94. The molecular formula is C28H34N4O2. The highest BCUT2D eigenvalue weighted by molar-refractivity contribution is 5.97. The number of fused-ring (bicyclic) bond motifs is 1. The maximum Gasteiger partial charge on any atom is 0.163 e. The maximum absolute atomic E-state index is 9.73. The zero-order chi connectivity index (χ0) is 24.1. The van der Waals surface area contributed by atoms with E-state index in [0.717, 1.165) is 40.2 Å². The molecule has 0 saturated carbocycles. The lowest BCUT2D eigenvalue weighted by atomic mass is 9.93. The molecule has 4 rings (SSSR count). The van der Waals surface area contributed by atoms with E-state index in [1.54, 1.807) is 13.3 Å². The fourth-order valence-electron chi connectivity index (χ4n) is 4.69. The summed E-state index contributed by atoms with van der Waals surface area (Å²) in [6.07, 6.45) is 6.38. The van der Waals surface area contributed by atoms with Crippen molar-refractivity contribution in [1.82, 2.24) is 9.88 Å². The number of nitrogens with one attached hydrogen (secondary N) is 1. The number of aryl methyl sites for hydroxylation is 2. The van der Waals surface area contributed by atoms with Gasteiger partial charge in [0.15, 0.2) is 11.5 Å². The second-order valence-corrected chi connectivity index (χ2v) is 9.36. The number of hydrogen-bond donors (Lipinski definition) is 1. The van der Waals surface area contributed by atoms with E-state index in [1.807, 2.05) is 18.2 Å². The van der Waals surface area contributed by atoms with Crippen LogP contribution in [0.5, 0.6) is 11.5 Å². The number of aromatic nitrogens is 1. The van der Waals surface area contributed by atoms with Gasteiger partial charge < -0.3 is 19.7 Å². The number of methoxy groups -OCH3 is 1. The van der Waals surface area contributed by atoms with Gasteiger partial charge in [-0.1, -0.05) is 17.7 Å². The second-order valence-electron chi connectivity index (χ2n) is 9.36. The van der Waals surface area contributed by atoms with E-state index >= 15 is 0 Å². The van der Waals surface area contributed by atoms with Gasteiger partial charge in [0.25, 0.3) is 0 Å². The SMILES string of the molecule is COc1cc2c(Nc3ccc(C)cc3C)c(C#N)cnc2cc1OCCCC1CCN(C)CC1. The Morgan fingerprint density at radius 1 is 1.15 bits per heavy atom. The minimum atomic E-state index is 0.487. The monoisotopic (exact) mass is 458 g/mol. The van der Waals surface area contributed by atoms with E-state index in [2.05, 4.69) is 54.3 Å². The van der Waals surface area contributed by atoms with E-state index in [0.29, 0.717) is 23.7 Å². The molecule has 6 heteroatoms. The third kappa shape index (κ3) is 5.43. The molecule has 0 unspecified atom stereocenters. The number of hydrogen-bond acceptors (Lipinski definition) is 6. The summed E-state index contributed by atoms with van der Waals surface area (Å²) in [5, 5.41) is 14.0. The molecule has 2 aromatic carbocycles. The van der Waals surface area contributed by atoms with Crippen LogP contribution < -0.4 is 14.8 Å².